The van der Waals surface area contributed by atoms with Crippen LogP contribution in [0.2, 0.25) is 0 Å². The van der Waals surface area contributed by atoms with E-state index in [-0.39, 0.29) is 18.7 Å². The molecule has 0 fully saturated rings. The predicted octanol–water partition coefficient (Wildman–Crippen LogP) is 3.06. The first-order chi connectivity index (χ1) is 11.0. The average molecular weight is 314 g/mol. The van der Waals surface area contributed by atoms with Crippen molar-refractivity contribution >= 4 is 5.91 Å². The Morgan fingerprint density at radius 3 is 2.26 bits per heavy atom. The van der Waals surface area contributed by atoms with E-state index in [1.807, 2.05) is 61.5 Å². The fourth-order valence-corrected chi connectivity index (χ4v) is 2.29. The van der Waals surface area contributed by atoms with Crippen molar-refractivity contribution in [2.45, 2.75) is 26.0 Å². The van der Waals surface area contributed by atoms with Gasteiger partial charge >= 0.3 is 0 Å². The normalized spacial score (nSPS) is 13.6. The lowest BCUT2D eigenvalue weighted by Gasteiger charge is -2.22. The molecule has 2 aromatic carbocycles. The summed E-state index contributed by atoms with van der Waals surface area (Å²) in [5, 5.41) is 10.7. The van der Waals surface area contributed by atoms with Crippen molar-refractivity contribution in [3.63, 3.8) is 0 Å². The number of amides is 1. The highest BCUT2D eigenvalue weighted by atomic mass is 16.5. The Morgan fingerprint density at radius 2 is 1.70 bits per heavy atom. The van der Waals surface area contributed by atoms with Crippen molar-refractivity contribution in [1.82, 2.24) is 5.06 Å². The maximum absolute atomic E-state index is 10.9. The van der Waals surface area contributed by atoms with E-state index < -0.39 is 5.91 Å². The third kappa shape index (κ3) is 4.81. The number of ether oxygens (including phenoxy) is 1. The lowest BCUT2D eigenvalue weighted by atomic mass is 10.1. The maximum atomic E-state index is 10.9. The third-order valence-corrected chi connectivity index (χ3v) is 3.71. The Balaban J connectivity index is 2.00. The quantitative estimate of drug-likeness (QED) is 0.770. The van der Waals surface area contributed by atoms with Crippen molar-refractivity contribution in [2.24, 2.45) is 5.73 Å². The highest BCUT2D eigenvalue weighted by Crippen LogP contribution is 2.25. The lowest BCUT2D eigenvalue weighted by molar-refractivity contribution is -0.146. The fraction of sp³-hybridized carbons (Fsp3) is 0.278. The largest absolute Gasteiger partial charge is 0.486 e. The Labute approximate surface area is 136 Å². The fourth-order valence-electron chi connectivity index (χ4n) is 2.29. The number of nitrogens with zero attached hydrogens (tertiary/aromatic N) is 1. The van der Waals surface area contributed by atoms with Crippen molar-refractivity contribution < 1.29 is 14.7 Å². The third-order valence-electron chi connectivity index (χ3n) is 3.71. The minimum atomic E-state index is -0.573. The standard InChI is InChI=1S/C18H22N2O3/c1-13(20(22)12-18(19)21)15-8-10-17(11-9-15)23-14(2)16-6-4-3-5-7-16/h3-11,13-14,22H,12H2,1-2H3,(H2,19,21). The van der Waals surface area contributed by atoms with Crippen LogP contribution >= 0.6 is 0 Å². The summed E-state index contributed by atoms with van der Waals surface area (Å²) in [6.45, 7) is 3.59. The second-order valence-electron chi connectivity index (χ2n) is 5.48. The molecule has 0 bridgehead atoms. The molecule has 0 aliphatic heterocycles. The molecule has 5 nitrogen and oxygen atoms in total. The molecule has 0 aromatic heterocycles. The topological polar surface area (TPSA) is 75.8 Å². The lowest BCUT2D eigenvalue weighted by Crippen LogP contribution is -2.33. The zero-order valence-electron chi connectivity index (χ0n) is 13.3. The summed E-state index contributed by atoms with van der Waals surface area (Å²) in [5.41, 5.74) is 7.06. The number of benzene rings is 2. The molecule has 2 atom stereocenters. The van der Waals surface area contributed by atoms with Gasteiger partial charge in [0.1, 0.15) is 18.4 Å². The maximum Gasteiger partial charge on any atom is 0.234 e. The minimum absolute atomic E-state index is 0.0522. The summed E-state index contributed by atoms with van der Waals surface area (Å²) in [6, 6.07) is 17.1. The first-order valence-electron chi connectivity index (χ1n) is 7.52. The van der Waals surface area contributed by atoms with E-state index in [0.717, 1.165) is 21.9 Å². The van der Waals surface area contributed by atoms with Gasteiger partial charge in [-0.05, 0) is 37.1 Å². The molecule has 0 saturated heterocycles. The van der Waals surface area contributed by atoms with E-state index in [1.165, 1.54) is 0 Å². The molecule has 0 aliphatic carbocycles. The molecule has 3 N–H and O–H groups in total. The molecule has 23 heavy (non-hydrogen) atoms. The van der Waals surface area contributed by atoms with Gasteiger partial charge < -0.3 is 15.7 Å². The van der Waals surface area contributed by atoms with Crippen molar-refractivity contribution in [1.29, 1.82) is 0 Å². The monoisotopic (exact) mass is 314 g/mol. The highest BCUT2D eigenvalue weighted by Gasteiger charge is 2.15. The molecule has 0 spiro atoms. The summed E-state index contributed by atoms with van der Waals surface area (Å²) in [7, 11) is 0. The van der Waals surface area contributed by atoms with Crippen LogP contribution in [-0.4, -0.2) is 22.7 Å². The van der Waals surface area contributed by atoms with E-state index in [0.29, 0.717) is 0 Å². The number of carbonyl (C=O) groups is 1. The van der Waals surface area contributed by atoms with Crippen LogP contribution in [0.4, 0.5) is 0 Å². The van der Waals surface area contributed by atoms with Gasteiger partial charge in [0.2, 0.25) is 5.91 Å². The Morgan fingerprint density at radius 1 is 1.09 bits per heavy atom. The molecule has 0 aliphatic rings. The zero-order valence-corrected chi connectivity index (χ0v) is 13.3. The van der Waals surface area contributed by atoms with Crippen LogP contribution in [0.1, 0.15) is 37.1 Å². The van der Waals surface area contributed by atoms with Gasteiger partial charge in [-0.15, -0.1) is 0 Å². The highest BCUT2D eigenvalue weighted by molar-refractivity contribution is 5.75. The van der Waals surface area contributed by atoms with Gasteiger partial charge in [-0.2, -0.15) is 5.06 Å². The van der Waals surface area contributed by atoms with E-state index in [2.05, 4.69) is 0 Å². The molecular formula is C18H22N2O3. The second-order valence-corrected chi connectivity index (χ2v) is 5.48. The first kappa shape index (κ1) is 17.0. The summed E-state index contributed by atoms with van der Waals surface area (Å²) in [6.07, 6.45) is -0.0522. The number of nitrogens with two attached hydrogens (primary N) is 1. The Kier molecular flexibility index (Phi) is 5.73. The van der Waals surface area contributed by atoms with E-state index >= 15 is 0 Å². The van der Waals surface area contributed by atoms with E-state index in [4.69, 9.17) is 10.5 Å². The number of primary amides is 1. The van der Waals surface area contributed by atoms with Crippen molar-refractivity contribution in [2.75, 3.05) is 6.54 Å². The summed E-state index contributed by atoms with van der Waals surface area (Å²) in [4.78, 5) is 10.9. The molecule has 2 rings (SSSR count). The number of carbonyl (C=O) groups excluding carboxylic acids is 1. The molecule has 2 aromatic rings. The summed E-state index contributed by atoms with van der Waals surface area (Å²) in [5.74, 6) is 0.174. The van der Waals surface area contributed by atoms with Crippen LogP contribution in [0.3, 0.4) is 0 Å². The van der Waals surface area contributed by atoms with Crippen LogP contribution in [0.15, 0.2) is 54.6 Å². The molecule has 1 amide bonds. The second kappa shape index (κ2) is 7.76. The predicted molar refractivity (Wildman–Crippen MR) is 88.0 cm³/mol. The molecule has 0 saturated carbocycles. The van der Waals surface area contributed by atoms with Gasteiger partial charge in [-0.1, -0.05) is 42.5 Å². The van der Waals surface area contributed by atoms with E-state index in [9.17, 15) is 10.0 Å². The van der Waals surface area contributed by atoms with E-state index in [1.54, 1.807) is 6.92 Å². The number of rotatable bonds is 7. The molecule has 0 heterocycles. The number of hydroxylamine groups is 2. The smallest absolute Gasteiger partial charge is 0.234 e. The molecule has 0 radical (unpaired) electrons. The van der Waals surface area contributed by atoms with Crippen LogP contribution in [-0.2, 0) is 4.79 Å². The van der Waals surface area contributed by atoms with Gasteiger partial charge in [-0.3, -0.25) is 4.79 Å². The molecular weight excluding hydrogens is 292 g/mol. The number of hydrogen-bond acceptors (Lipinski definition) is 4. The Hall–Kier alpha value is -2.37. The SMILES string of the molecule is CC(Oc1ccc(C(C)N(O)CC(N)=O)cc1)c1ccccc1. The van der Waals surface area contributed by atoms with Gasteiger partial charge in [0.15, 0.2) is 0 Å². The minimum Gasteiger partial charge on any atom is -0.486 e. The summed E-state index contributed by atoms with van der Waals surface area (Å²) < 4.78 is 5.91. The van der Waals surface area contributed by atoms with Crippen molar-refractivity contribution in [3.8, 4) is 5.75 Å². The van der Waals surface area contributed by atoms with Gasteiger partial charge in [0.05, 0.1) is 6.04 Å². The number of hydrogen-bond donors (Lipinski definition) is 2. The van der Waals surface area contributed by atoms with Crippen LogP contribution in [0, 0.1) is 0 Å². The zero-order chi connectivity index (χ0) is 16.8. The van der Waals surface area contributed by atoms with Crippen LogP contribution < -0.4 is 10.5 Å². The first-order valence-corrected chi connectivity index (χ1v) is 7.52. The molecule has 122 valence electrons. The van der Waals surface area contributed by atoms with Gasteiger partial charge in [-0.25, -0.2) is 0 Å². The Bertz CT molecular complexity index is 628. The average Bonchev–Trinajstić information content (AvgIpc) is 2.55. The molecule has 5 heteroatoms. The van der Waals surface area contributed by atoms with Gasteiger partial charge in [0.25, 0.3) is 0 Å². The summed E-state index contributed by atoms with van der Waals surface area (Å²) >= 11 is 0. The van der Waals surface area contributed by atoms with Gasteiger partial charge in [0, 0.05) is 0 Å². The van der Waals surface area contributed by atoms with Crippen molar-refractivity contribution in [3.05, 3.63) is 65.7 Å². The molecule has 2 unspecified atom stereocenters. The van der Waals surface area contributed by atoms with Crippen LogP contribution in [0.5, 0.6) is 5.75 Å². The van der Waals surface area contributed by atoms with Crippen LogP contribution in [0.25, 0.3) is 0 Å².